The van der Waals surface area contributed by atoms with Crippen LogP contribution in [0.5, 0.6) is 0 Å². The van der Waals surface area contributed by atoms with Crippen molar-refractivity contribution in [1.82, 2.24) is 10.2 Å². The van der Waals surface area contributed by atoms with Gasteiger partial charge < -0.3 is 5.32 Å². The van der Waals surface area contributed by atoms with Gasteiger partial charge in [-0.1, -0.05) is 6.07 Å². The van der Waals surface area contributed by atoms with Crippen LogP contribution in [0.3, 0.4) is 0 Å². The summed E-state index contributed by atoms with van der Waals surface area (Å²) in [4.78, 5) is 16.3. The monoisotopic (exact) mass is 428 g/mol. The standard InChI is InChI=1S/C19H24N2O3S2.ClH/c1-19(2)17(12-6-8-21(19)9-7-12)20-18(22)16-10-13-4-5-14(26(3,23)24)11-15(13)25-16;/h4-5,10-12,17H,6-9H2,1-3H3,(H,20,22);1H. The van der Waals surface area contributed by atoms with E-state index in [2.05, 4.69) is 24.1 Å². The van der Waals surface area contributed by atoms with Crippen molar-refractivity contribution in [2.75, 3.05) is 19.3 Å². The molecule has 0 aliphatic carbocycles. The molecule has 2 bridgehead atoms. The molecule has 1 aromatic heterocycles. The van der Waals surface area contributed by atoms with Crippen LogP contribution in [0.1, 0.15) is 36.4 Å². The van der Waals surface area contributed by atoms with Crippen molar-refractivity contribution in [3.05, 3.63) is 29.1 Å². The molecule has 5 nitrogen and oxygen atoms in total. The van der Waals surface area contributed by atoms with Gasteiger partial charge in [-0.15, -0.1) is 23.7 Å². The number of benzene rings is 1. The molecular weight excluding hydrogens is 404 g/mol. The van der Waals surface area contributed by atoms with Crippen LogP contribution in [0.15, 0.2) is 29.2 Å². The number of carbonyl (C=O) groups excluding carboxylic acids is 1. The van der Waals surface area contributed by atoms with Crippen molar-refractivity contribution in [3.63, 3.8) is 0 Å². The number of sulfone groups is 1. The normalized spacial score (nSPS) is 26.6. The van der Waals surface area contributed by atoms with Gasteiger partial charge in [0.05, 0.1) is 9.77 Å². The number of fused-ring (bicyclic) bond motifs is 4. The van der Waals surface area contributed by atoms with Crippen LogP contribution in [0, 0.1) is 5.92 Å². The molecule has 27 heavy (non-hydrogen) atoms. The molecule has 0 saturated carbocycles. The zero-order valence-corrected chi connectivity index (χ0v) is 18.1. The minimum absolute atomic E-state index is 0. The maximum atomic E-state index is 12.9. The molecule has 1 unspecified atom stereocenters. The Morgan fingerprint density at radius 1 is 1.22 bits per heavy atom. The number of rotatable bonds is 3. The number of hydrogen-bond acceptors (Lipinski definition) is 5. The number of halogens is 1. The lowest BCUT2D eigenvalue weighted by molar-refractivity contribution is -0.0377. The fourth-order valence-corrected chi connectivity index (χ4v) is 6.17. The molecular formula is C19H25ClN2O3S2. The highest BCUT2D eigenvalue weighted by molar-refractivity contribution is 7.90. The molecule has 3 fully saturated rings. The molecule has 2 aromatic rings. The summed E-state index contributed by atoms with van der Waals surface area (Å²) >= 11 is 1.35. The second-order valence-electron chi connectivity index (χ2n) is 8.01. The number of carbonyl (C=O) groups is 1. The molecule has 0 spiro atoms. The van der Waals surface area contributed by atoms with Gasteiger partial charge in [0.2, 0.25) is 0 Å². The smallest absolute Gasteiger partial charge is 0.261 e. The zero-order chi connectivity index (χ0) is 18.7. The Hall–Kier alpha value is -1.15. The lowest BCUT2D eigenvalue weighted by Gasteiger charge is -2.56. The molecule has 8 heteroatoms. The van der Waals surface area contributed by atoms with Crippen LogP contribution < -0.4 is 5.32 Å². The Balaban J connectivity index is 0.00000210. The quantitative estimate of drug-likeness (QED) is 0.814. The largest absolute Gasteiger partial charge is 0.346 e. The summed E-state index contributed by atoms with van der Waals surface area (Å²) in [6.45, 7) is 6.65. The minimum Gasteiger partial charge on any atom is -0.346 e. The summed E-state index contributed by atoms with van der Waals surface area (Å²) < 4.78 is 24.3. The Labute approximate surface area is 170 Å². The zero-order valence-electron chi connectivity index (χ0n) is 15.7. The van der Waals surface area contributed by atoms with Gasteiger partial charge in [-0.25, -0.2) is 8.42 Å². The van der Waals surface area contributed by atoms with Gasteiger partial charge in [0.25, 0.3) is 5.91 Å². The van der Waals surface area contributed by atoms with Crippen molar-refractivity contribution in [3.8, 4) is 0 Å². The summed E-state index contributed by atoms with van der Waals surface area (Å²) in [5, 5.41) is 4.18. The van der Waals surface area contributed by atoms with Crippen LogP contribution in [0.4, 0.5) is 0 Å². The average Bonchev–Trinajstić information content (AvgIpc) is 3.01. The van der Waals surface area contributed by atoms with E-state index in [4.69, 9.17) is 0 Å². The first-order valence-electron chi connectivity index (χ1n) is 8.96. The summed E-state index contributed by atoms with van der Waals surface area (Å²) in [5.41, 5.74) is -0.0308. The third kappa shape index (κ3) is 3.62. The second-order valence-corrected chi connectivity index (χ2v) is 11.1. The molecule has 3 aliphatic heterocycles. The number of nitrogens with zero attached hydrogens (tertiary/aromatic N) is 1. The maximum Gasteiger partial charge on any atom is 0.261 e. The van der Waals surface area contributed by atoms with E-state index in [1.807, 2.05) is 6.07 Å². The first-order chi connectivity index (χ1) is 12.2. The molecule has 3 aliphatic rings. The van der Waals surface area contributed by atoms with Gasteiger partial charge in [0, 0.05) is 22.5 Å². The Morgan fingerprint density at radius 3 is 2.48 bits per heavy atom. The van der Waals surface area contributed by atoms with E-state index in [9.17, 15) is 13.2 Å². The van der Waals surface area contributed by atoms with E-state index in [1.165, 1.54) is 17.6 Å². The SMILES string of the molecule is CC1(C)C(NC(=O)c2cc3ccc(S(C)(=O)=O)cc3s2)C2CCN1CC2.Cl. The van der Waals surface area contributed by atoms with E-state index in [0.29, 0.717) is 10.8 Å². The third-order valence-corrected chi connectivity index (χ3v) is 8.22. The number of thiophene rings is 1. The molecule has 148 valence electrons. The van der Waals surface area contributed by atoms with Gasteiger partial charge in [-0.2, -0.15) is 0 Å². The van der Waals surface area contributed by atoms with Crippen molar-refractivity contribution in [2.45, 2.75) is 43.2 Å². The maximum absolute atomic E-state index is 12.9. The molecule has 5 rings (SSSR count). The molecule has 1 aromatic carbocycles. The van der Waals surface area contributed by atoms with Gasteiger partial charge >= 0.3 is 0 Å². The molecule has 3 saturated heterocycles. The molecule has 1 amide bonds. The van der Waals surface area contributed by atoms with Crippen molar-refractivity contribution >= 4 is 49.6 Å². The minimum atomic E-state index is -3.25. The Kier molecular flexibility index (Phi) is 5.36. The first-order valence-corrected chi connectivity index (χ1v) is 11.7. The predicted octanol–water partition coefficient (Wildman–Crippen LogP) is 3.33. The lowest BCUT2D eigenvalue weighted by atomic mass is 9.72. The Morgan fingerprint density at radius 2 is 1.89 bits per heavy atom. The van der Waals surface area contributed by atoms with Crippen molar-refractivity contribution in [2.24, 2.45) is 5.92 Å². The summed E-state index contributed by atoms with van der Waals surface area (Å²) in [7, 11) is -3.25. The Bertz CT molecular complexity index is 976. The van der Waals surface area contributed by atoms with Gasteiger partial charge in [0.1, 0.15) is 0 Å². The third-order valence-electron chi connectivity index (χ3n) is 6.02. The van der Waals surface area contributed by atoms with Crippen LogP contribution in [-0.4, -0.2) is 50.2 Å². The van der Waals surface area contributed by atoms with Gasteiger partial charge in [0.15, 0.2) is 9.84 Å². The number of piperidine rings is 3. The predicted molar refractivity (Wildman–Crippen MR) is 112 cm³/mol. The number of nitrogens with one attached hydrogen (secondary N) is 1. The van der Waals surface area contributed by atoms with E-state index >= 15 is 0 Å². The van der Waals surface area contributed by atoms with E-state index in [-0.39, 0.29) is 34.8 Å². The number of hydrogen-bond donors (Lipinski definition) is 1. The van der Waals surface area contributed by atoms with E-state index in [1.54, 1.807) is 18.2 Å². The topological polar surface area (TPSA) is 66.5 Å². The average molecular weight is 429 g/mol. The van der Waals surface area contributed by atoms with Crippen LogP contribution in [-0.2, 0) is 9.84 Å². The molecule has 1 atom stereocenters. The van der Waals surface area contributed by atoms with Gasteiger partial charge in [-0.05, 0) is 69.3 Å². The van der Waals surface area contributed by atoms with Crippen molar-refractivity contribution in [1.29, 1.82) is 0 Å². The summed E-state index contributed by atoms with van der Waals surface area (Å²) in [6.07, 6.45) is 3.47. The highest BCUT2D eigenvalue weighted by atomic mass is 35.5. The highest BCUT2D eigenvalue weighted by Gasteiger charge is 2.48. The van der Waals surface area contributed by atoms with E-state index in [0.717, 1.165) is 36.0 Å². The molecule has 1 N–H and O–H groups in total. The van der Waals surface area contributed by atoms with Crippen LogP contribution in [0.2, 0.25) is 0 Å². The molecule has 0 radical (unpaired) electrons. The van der Waals surface area contributed by atoms with Crippen LogP contribution in [0.25, 0.3) is 10.1 Å². The lowest BCUT2D eigenvalue weighted by Crippen LogP contribution is -2.69. The van der Waals surface area contributed by atoms with E-state index < -0.39 is 9.84 Å². The first kappa shape index (κ1) is 20.6. The molecule has 4 heterocycles. The summed E-state index contributed by atoms with van der Waals surface area (Å²) in [6, 6.07) is 7.04. The van der Waals surface area contributed by atoms with Gasteiger partial charge in [-0.3, -0.25) is 9.69 Å². The fraction of sp³-hybridized carbons (Fsp3) is 0.526. The van der Waals surface area contributed by atoms with Crippen molar-refractivity contribution < 1.29 is 13.2 Å². The second kappa shape index (κ2) is 7.03. The fourth-order valence-electron chi connectivity index (χ4n) is 4.44. The summed E-state index contributed by atoms with van der Waals surface area (Å²) in [5.74, 6) is 0.476. The highest BCUT2D eigenvalue weighted by Crippen LogP contribution is 2.39. The number of amides is 1. The van der Waals surface area contributed by atoms with Crippen LogP contribution >= 0.6 is 23.7 Å².